The topological polar surface area (TPSA) is 38.9 Å². The predicted molar refractivity (Wildman–Crippen MR) is 69.4 cm³/mol. The van der Waals surface area contributed by atoms with Crippen molar-refractivity contribution >= 4 is 22.6 Å². The first kappa shape index (κ1) is 11.5. The molecule has 1 heterocycles. The molecule has 4 heteroatoms. The molecule has 0 radical (unpaired) electrons. The molecule has 0 aliphatic heterocycles. The van der Waals surface area contributed by atoms with Gasteiger partial charge in [-0.3, -0.25) is 4.98 Å². The number of aromatic nitrogens is 1. The Morgan fingerprint density at radius 2 is 2.00 bits per heavy atom. The molecule has 1 aromatic carbocycles. The van der Waals surface area contributed by atoms with Gasteiger partial charge in [0.05, 0.1) is 12.2 Å². The summed E-state index contributed by atoms with van der Waals surface area (Å²) in [4.78, 5) is 3.80. The largest absolute Gasteiger partial charge is 0.320 e. The molecule has 0 spiro atoms. The summed E-state index contributed by atoms with van der Waals surface area (Å²) < 4.78 is 14.1. The number of halogens is 2. The van der Waals surface area contributed by atoms with Gasteiger partial charge in [0, 0.05) is 9.77 Å². The summed E-state index contributed by atoms with van der Waals surface area (Å²) in [5.74, 6) is -0.362. The molecule has 1 atom stereocenters. The van der Waals surface area contributed by atoms with Gasteiger partial charge in [0.2, 0.25) is 0 Å². The number of nitrogens with two attached hydrogens (primary N) is 1. The van der Waals surface area contributed by atoms with Crippen molar-refractivity contribution in [1.82, 2.24) is 4.98 Å². The van der Waals surface area contributed by atoms with E-state index in [0.717, 1.165) is 9.13 Å². The minimum atomic E-state index is -0.362. The Balaban J connectivity index is 2.35. The van der Waals surface area contributed by atoms with Gasteiger partial charge in [0.25, 0.3) is 0 Å². The fourth-order valence-electron chi connectivity index (χ4n) is 1.49. The van der Waals surface area contributed by atoms with Crippen LogP contribution in [0.1, 0.15) is 17.2 Å². The quantitative estimate of drug-likeness (QED) is 0.861. The van der Waals surface area contributed by atoms with Gasteiger partial charge in [-0.1, -0.05) is 12.1 Å². The third kappa shape index (κ3) is 2.56. The average Bonchev–Trinajstić information content (AvgIpc) is 2.28. The summed E-state index contributed by atoms with van der Waals surface area (Å²) >= 11 is 2.22. The standard InChI is InChI=1S/C12H10FIN2/c13-10-4-9(6-16-7-10)12(15)8-2-1-3-11(14)5-8/h1-7,12H,15H2. The minimum absolute atomic E-state index is 0.335. The number of rotatable bonds is 2. The van der Waals surface area contributed by atoms with Gasteiger partial charge in [-0.25, -0.2) is 4.39 Å². The molecule has 16 heavy (non-hydrogen) atoms. The minimum Gasteiger partial charge on any atom is -0.320 e. The molecule has 82 valence electrons. The second-order valence-electron chi connectivity index (χ2n) is 3.47. The molecule has 0 saturated carbocycles. The normalized spacial score (nSPS) is 12.4. The van der Waals surface area contributed by atoms with E-state index in [1.54, 1.807) is 6.20 Å². The summed E-state index contributed by atoms with van der Waals surface area (Å²) in [6.07, 6.45) is 2.76. The van der Waals surface area contributed by atoms with Crippen molar-refractivity contribution in [2.24, 2.45) is 5.73 Å². The van der Waals surface area contributed by atoms with E-state index >= 15 is 0 Å². The molecule has 0 aliphatic rings. The molecule has 0 amide bonds. The maximum absolute atomic E-state index is 13.0. The van der Waals surface area contributed by atoms with E-state index in [1.807, 2.05) is 24.3 Å². The van der Waals surface area contributed by atoms with E-state index in [-0.39, 0.29) is 11.9 Å². The molecule has 2 rings (SSSR count). The molecule has 0 fully saturated rings. The van der Waals surface area contributed by atoms with E-state index < -0.39 is 0 Å². The smallest absolute Gasteiger partial charge is 0.141 e. The van der Waals surface area contributed by atoms with Crippen molar-refractivity contribution in [2.45, 2.75) is 6.04 Å². The lowest BCUT2D eigenvalue weighted by atomic mass is 10.0. The van der Waals surface area contributed by atoms with Gasteiger partial charge >= 0.3 is 0 Å². The fraction of sp³-hybridized carbons (Fsp3) is 0.0833. The van der Waals surface area contributed by atoms with Gasteiger partial charge in [0.15, 0.2) is 0 Å². The third-order valence-electron chi connectivity index (χ3n) is 2.29. The summed E-state index contributed by atoms with van der Waals surface area (Å²) in [6, 6.07) is 8.91. The first-order valence-electron chi connectivity index (χ1n) is 4.78. The van der Waals surface area contributed by atoms with Crippen LogP contribution in [-0.4, -0.2) is 4.98 Å². The van der Waals surface area contributed by atoms with Crippen LogP contribution >= 0.6 is 22.6 Å². The number of pyridine rings is 1. The van der Waals surface area contributed by atoms with Crippen LogP contribution in [0.15, 0.2) is 42.7 Å². The second kappa shape index (κ2) is 4.88. The van der Waals surface area contributed by atoms with E-state index in [0.29, 0.717) is 5.56 Å². The van der Waals surface area contributed by atoms with Gasteiger partial charge in [-0.15, -0.1) is 0 Å². The van der Waals surface area contributed by atoms with Crippen LogP contribution < -0.4 is 5.73 Å². The molecule has 0 bridgehead atoms. The fourth-order valence-corrected chi connectivity index (χ4v) is 2.06. The Labute approximate surface area is 107 Å². The third-order valence-corrected chi connectivity index (χ3v) is 2.96. The molecule has 0 aliphatic carbocycles. The van der Waals surface area contributed by atoms with Crippen LogP contribution in [0.25, 0.3) is 0 Å². The average molecular weight is 328 g/mol. The zero-order chi connectivity index (χ0) is 11.5. The van der Waals surface area contributed by atoms with E-state index in [4.69, 9.17) is 5.73 Å². The van der Waals surface area contributed by atoms with E-state index in [9.17, 15) is 4.39 Å². The number of benzene rings is 1. The van der Waals surface area contributed by atoms with Crippen molar-refractivity contribution in [1.29, 1.82) is 0 Å². The summed E-state index contributed by atoms with van der Waals surface area (Å²) in [7, 11) is 0. The highest BCUT2D eigenvalue weighted by Crippen LogP contribution is 2.20. The highest BCUT2D eigenvalue weighted by atomic mass is 127. The first-order valence-corrected chi connectivity index (χ1v) is 5.86. The van der Waals surface area contributed by atoms with Gasteiger partial charge in [-0.2, -0.15) is 0 Å². The lowest BCUT2D eigenvalue weighted by molar-refractivity contribution is 0.616. The maximum atomic E-state index is 13.0. The zero-order valence-electron chi connectivity index (χ0n) is 8.40. The van der Waals surface area contributed by atoms with Crippen LogP contribution in [0.3, 0.4) is 0 Å². The molecule has 1 unspecified atom stereocenters. The molecule has 0 saturated heterocycles. The van der Waals surface area contributed by atoms with Gasteiger partial charge < -0.3 is 5.73 Å². The SMILES string of the molecule is NC(c1cncc(F)c1)c1cccc(I)c1. The summed E-state index contributed by atoms with van der Waals surface area (Å²) in [6.45, 7) is 0. The summed E-state index contributed by atoms with van der Waals surface area (Å²) in [5.41, 5.74) is 7.68. The molecule has 2 N–H and O–H groups in total. The lowest BCUT2D eigenvalue weighted by Gasteiger charge is -2.12. The van der Waals surface area contributed by atoms with Gasteiger partial charge in [-0.05, 0) is 51.9 Å². The van der Waals surface area contributed by atoms with Crippen LogP contribution in [0.2, 0.25) is 0 Å². The summed E-state index contributed by atoms with van der Waals surface area (Å²) in [5, 5.41) is 0. The molecule has 1 aromatic heterocycles. The van der Waals surface area contributed by atoms with E-state index in [2.05, 4.69) is 27.6 Å². The Morgan fingerprint density at radius 1 is 1.19 bits per heavy atom. The van der Waals surface area contributed by atoms with Crippen molar-refractivity contribution < 1.29 is 4.39 Å². The Morgan fingerprint density at radius 3 is 2.69 bits per heavy atom. The van der Waals surface area contributed by atoms with Crippen LogP contribution in [0, 0.1) is 9.39 Å². The lowest BCUT2D eigenvalue weighted by Crippen LogP contribution is -2.12. The number of nitrogens with zero attached hydrogens (tertiary/aromatic N) is 1. The highest BCUT2D eigenvalue weighted by molar-refractivity contribution is 14.1. The molecule has 2 aromatic rings. The Bertz CT molecular complexity index is 456. The zero-order valence-corrected chi connectivity index (χ0v) is 10.6. The molecule has 2 nitrogen and oxygen atoms in total. The molecular formula is C12H10FIN2. The monoisotopic (exact) mass is 328 g/mol. The highest BCUT2D eigenvalue weighted by Gasteiger charge is 2.10. The maximum Gasteiger partial charge on any atom is 0.141 e. The Kier molecular flexibility index (Phi) is 3.50. The second-order valence-corrected chi connectivity index (χ2v) is 4.71. The van der Waals surface area contributed by atoms with E-state index in [1.165, 1.54) is 12.3 Å². The van der Waals surface area contributed by atoms with Crippen molar-refractivity contribution in [3.05, 3.63) is 63.2 Å². The van der Waals surface area contributed by atoms with Gasteiger partial charge in [0.1, 0.15) is 5.82 Å². The van der Waals surface area contributed by atoms with Crippen molar-refractivity contribution in [3.63, 3.8) is 0 Å². The van der Waals surface area contributed by atoms with Crippen molar-refractivity contribution in [2.75, 3.05) is 0 Å². The van der Waals surface area contributed by atoms with Crippen LogP contribution in [0.5, 0.6) is 0 Å². The first-order chi connectivity index (χ1) is 7.66. The number of hydrogen-bond donors (Lipinski definition) is 1. The predicted octanol–water partition coefficient (Wildman–Crippen LogP) is 2.87. The number of hydrogen-bond acceptors (Lipinski definition) is 2. The van der Waals surface area contributed by atoms with Crippen molar-refractivity contribution in [3.8, 4) is 0 Å². The van der Waals surface area contributed by atoms with Crippen LogP contribution in [-0.2, 0) is 0 Å². The Hall–Kier alpha value is -1.01. The molecular weight excluding hydrogens is 318 g/mol. The van der Waals surface area contributed by atoms with Crippen LogP contribution in [0.4, 0.5) is 4.39 Å².